The normalized spacial score (nSPS) is 26.7. The molecule has 1 spiro atoms. The van der Waals surface area contributed by atoms with Crippen molar-refractivity contribution in [3.05, 3.63) is 29.1 Å². The van der Waals surface area contributed by atoms with Gasteiger partial charge in [0.15, 0.2) is 0 Å². The molecule has 10 heteroatoms. The zero-order valence-electron chi connectivity index (χ0n) is 22.0. The minimum absolute atomic E-state index is 0.179. The summed E-state index contributed by atoms with van der Waals surface area (Å²) < 4.78 is 17.3. The average Bonchev–Trinajstić information content (AvgIpc) is 3.52. The maximum Gasteiger partial charge on any atom is 0.217 e. The molecule has 3 fully saturated rings. The number of nitrogens with zero attached hydrogens (tertiary/aromatic N) is 5. The van der Waals surface area contributed by atoms with Gasteiger partial charge in [-0.1, -0.05) is 11.6 Å². The van der Waals surface area contributed by atoms with E-state index in [9.17, 15) is 4.79 Å². The Morgan fingerprint density at radius 3 is 2.87 bits per heavy atom. The highest BCUT2D eigenvalue weighted by Crippen LogP contribution is 2.47. The molecule has 2 saturated heterocycles. The van der Waals surface area contributed by atoms with Gasteiger partial charge < -0.3 is 24.6 Å². The second-order valence-electron chi connectivity index (χ2n) is 11.0. The zero-order valence-corrected chi connectivity index (χ0v) is 22.0. The number of nitrogens with two attached hydrogens (primary N) is 1. The summed E-state index contributed by atoms with van der Waals surface area (Å²) in [5, 5.41) is 4.47. The molecular formula is C28H36N6O4. The minimum Gasteiger partial charge on any atom is -0.476 e. The van der Waals surface area contributed by atoms with E-state index < -0.39 is 5.41 Å². The lowest BCUT2D eigenvalue weighted by atomic mass is 9.64. The molecule has 2 aliphatic carbocycles. The molecule has 2 N–H and O–H groups in total. The smallest absolute Gasteiger partial charge is 0.217 e. The van der Waals surface area contributed by atoms with E-state index in [1.54, 1.807) is 18.4 Å². The van der Waals surface area contributed by atoms with Crippen LogP contribution in [0.5, 0.6) is 5.88 Å². The van der Waals surface area contributed by atoms with E-state index in [1.807, 2.05) is 0 Å². The standard InChI is InChI=1S/C28H36N6O4/c1-34-13-5-6-19(34)17-37-24-14-22(21(29)9-12-30-18-15-36-16-18)31-27(32-24)25-20-7-4-11-28(26(20)33-38-25)10-3-2-8-23(28)35/h9,12,14,18-19H,2-8,10-11,13,15-17,29H2,1H3/b21-9-,30-12?/t19-,28+/m0/s1. The third-order valence-corrected chi connectivity index (χ3v) is 8.53. The van der Waals surface area contributed by atoms with Crippen LogP contribution in [0.25, 0.3) is 17.3 Å². The van der Waals surface area contributed by atoms with Crippen LogP contribution in [0.4, 0.5) is 0 Å². The van der Waals surface area contributed by atoms with Gasteiger partial charge in [0, 0.05) is 30.3 Å². The van der Waals surface area contributed by atoms with Crippen LogP contribution >= 0.6 is 0 Å². The summed E-state index contributed by atoms with van der Waals surface area (Å²) in [6.07, 6.45) is 11.6. The number of allylic oxidation sites excluding steroid dienone is 1. The molecule has 38 heavy (non-hydrogen) atoms. The van der Waals surface area contributed by atoms with Gasteiger partial charge in [-0.05, 0) is 64.6 Å². The highest BCUT2D eigenvalue weighted by atomic mass is 16.5. The Labute approximate surface area is 222 Å². The van der Waals surface area contributed by atoms with Gasteiger partial charge in [0.2, 0.25) is 17.5 Å². The van der Waals surface area contributed by atoms with Crippen LogP contribution in [0.1, 0.15) is 68.3 Å². The molecule has 2 aromatic heterocycles. The van der Waals surface area contributed by atoms with Crippen molar-refractivity contribution in [1.82, 2.24) is 20.0 Å². The molecule has 0 bridgehead atoms. The first-order valence-corrected chi connectivity index (χ1v) is 13.9. The molecular weight excluding hydrogens is 484 g/mol. The molecule has 10 nitrogen and oxygen atoms in total. The number of Topliss-reactive ketones (excluding diaryl/α,β-unsaturated/α-hetero) is 1. The van der Waals surface area contributed by atoms with Crippen LogP contribution in [-0.4, -0.2) is 77.5 Å². The number of fused-ring (bicyclic) bond motifs is 2. The van der Waals surface area contributed by atoms with Gasteiger partial charge in [-0.2, -0.15) is 4.98 Å². The maximum absolute atomic E-state index is 13.1. The van der Waals surface area contributed by atoms with E-state index in [1.165, 1.54) is 0 Å². The zero-order chi connectivity index (χ0) is 26.1. The van der Waals surface area contributed by atoms with Gasteiger partial charge in [-0.3, -0.25) is 9.79 Å². The third kappa shape index (κ3) is 4.75. The number of rotatable bonds is 7. The minimum atomic E-state index is -0.530. The number of ketones is 1. The van der Waals surface area contributed by atoms with Crippen LogP contribution in [0.3, 0.4) is 0 Å². The van der Waals surface area contributed by atoms with Crippen molar-refractivity contribution >= 4 is 17.7 Å². The Kier molecular flexibility index (Phi) is 7.01. The number of ether oxygens (including phenoxy) is 2. The van der Waals surface area contributed by atoms with Gasteiger partial charge in [0.25, 0.3) is 0 Å². The van der Waals surface area contributed by atoms with E-state index >= 15 is 0 Å². The number of carbonyl (C=O) groups excluding carboxylic acids is 1. The monoisotopic (exact) mass is 520 g/mol. The summed E-state index contributed by atoms with van der Waals surface area (Å²) in [5.41, 5.74) is 8.62. The Balaban J connectivity index is 1.34. The molecule has 2 aliphatic heterocycles. The molecule has 2 atom stereocenters. The molecule has 4 aliphatic rings. The SMILES string of the molecule is CN1CCC[C@H]1COc1cc(/C(N)=C/C=NC2COC2)nc(-c2onc3c2CCC[C@@]32CCCCC2=O)n1. The van der Waals surface area contributed by atoms with Crippen molar-refractivity contribution in [2.45, 2.75) is 75.3 Å². The molecule has 0 unspecified atom stereocenters. The molecule has 1 saturated carbocycles. The number of likely N-dealkylation sites (N-methyl/N-ethyl adjacent to an activating group) is 1. The van der Waals surface area contributed by atoms with Crippen molar-refractivity contribution in [3.63, 3.8) is 0 Å². The van der Waals surface area contributed by atoms with Crippen molar-refractivity contribution < 1.29 is 18.8 Å². The summed E-state index contributed by atoms with van der Waals surface area (Å²) in [5.74, 6) is 1.62. The number of carbonyl (C=O) groups is 1. The molecule has 2 aromatic rings. The fraction of sp³-hybridized carbons (Fsp3) is 0.607. The summed E-state index contributed by atoms with van der Waals surface area (Å²) in [4.78, 5) is 29.4. The molecule has 4 heterocycles. The molecule has 0 radical (unpaired) electrons. The first-order valence-electron chi connectivity index (χ1n) is 13.9. The average molecular weight is 521 g/mol. The summed E-state index contributed by atoms with van der Waals surface area (Å²) in [6, 6.07) is 2.29. The maximum atomic E-state index is 13.1. The molecule has 0 aromatic carbocycles. The van der Waals surface area contributed by atoms with Gasteiger partial charge in [-0.25, -0.2) is 4.98 Å². The second-order valence-corrected chi connectivity index (χ2v) is 11.0. The Morgan fingerprint density at radius 1 is 1.24 bits per heavy atom. The number of hydrogen-bond donors (Lipinski definition) is 1. The van der Waals surface area contributed by atoms with Gasteiger partial charge in [-0.15, -0.1) is 0 Å². The van der Waals surface area contributed by atoms with E-state index in [0.29, 0.717) is 61.1 Å². The lowest BCUT2D eigenvalue weighted by molar-refractivity contribution is -0.127. The van der Waals surface area contributed by atoms with Gasteiger partial charge >= 0.3 is 0 Å². The fourth-order valence-corrected chi connectivity index (χ4v) is 6.14. The number of aliphatic imine (C=N–C) groups is 1. The van der Waals surface area contributed by atoms with Crippen LogP contribution in [-0.2, 0) is 21.4 Å². The van der Waals surface area contributed by atoms with Crippen LogP contribution in [0, 0.1) is 0 Å². The lowest BCUT2D eigenvalue weighted by Crippen LogP contribution is -2.41. The summed E-state index contributed by atoms with van der Waals surface area (Å²) in [6.45, 7) is 2.87. The quantitative estimate of drug-likeness (QED) is 0.548. The predicted molar refractivity (Wildman–Crippen MR) is 142 cm³/mol. The van der Waals surface area contributed by atoms with Crippen molar-refractivity contribution in [2.24, 2.45) is 10.7 Å². The fourth-order valence-electron chi connectivity index (χ4n) is 6.14. The first-order chi connectivity index (χ1) is 18.5. The van der Waals surface area contributed by atoms with Gasteiger partial charge in [0.05, 0.1) is 36.1 Å². The van der Waals surface area contributed by atoms with Crippen LogP contribution in [0.15, 0.2) is 21.7 Å². The Hall–Kier alpha value is -3.11. The predicted octanol–water partition coefficient (Wildman–Crippen LogP) is 3.09. The summed E-state index contributed by atoms with van der Waals surface area (Å²) in [7, 11) is 2.12. The van der Waals surface area contributed by atoms with Crippen molar-refractivity contribution in [3.8, 4) is 17.5 Å². The lowest BCUT2D eigenvalue weighted by Gasteiger charge is -2.37. The van der Waals surface area contributed by atoms with E-state index in [-0.39, 0.29) is 11.8 Å². The largest absolute Gasteiger partial charge is 0.476 e. The Bertz CT molecular complexity index is 1250. The topological polar surface area (TPSA) is 129 Å². The molecule has 202 valence electrons. The number of aromatic nitrogens is 3. The highest BCUT2D eigenvalue weighted by molar-refractivity contribution is 5.91. The molecule has 6 rings (SSSR count). The molecule has 0 amide bonds. The van der Waals surface area contributed by atoms with Gasteiger partial charge in [0.1, 0.15) is 18.1 Å². The van der Waals surface area contributed by atoms with Crippen LogP contribution in [0.2, 0.25) is 0 Å². The third-order valence-electron chi connectivity index (χ3n) is 8.53. The highest BCUT2D eigenvalue weighted by Gasteiger charge is 2.48. The van der Waals surface area contributed by atoms with E-state index in [0.717, 1.165) is 69.2 Å². The van der Waals surface area contributed by atoms with Crippen LogP contribution < -0.4 is 10.5 Å². The van der Waals surface area contributed by atoms with Crippen molar-refractivity contribution in [1.29, 1.82) is 0 Å². The Morgan fingerprint density at radius 2 is 2.11 bits per heavy atom. The number of likely N-dealkylation sites (tertiary alicyclic amines) is 1. The van der Waals surface area contributed by atoms with Crippen molar-refractivity contribution in [2.75, 3.05) is 33.4 Å². The number of hydrogen-bond acceptors (Lipinski definition) is 10. The second kappa shape index (κ2) is 10.6. The van der Waals surface area contributed by atoms with E-state index in [2.05, 4.69) is 22.1 Å². The van der Waals surface area contributed by atoms with E-state index in [4.69, 9.17) is 29.7 Å². The first kappa shape index (κ1) is 25.2. The summed E-state index contributed by atoms with van der Waals surface area (Å²) >= 11 is 0.